The monoisotopic (exact) mass is 235 g/mol. The highest BCUT2D eigenvalue weighted by Gasteiger charge is 2.44. The molecule has 1 aromatic rings. The van der Waals surface area contributed by atoms with Gasteiger partial charge in [-0.3, -0.25) is 4.79 Å². The molecule has 3 heteroatoms. The van der Waals surface area contributed by atoms with Crippen LogP contribution in [0.25, 0.3) is 0 Å². The summed E-state index contributed by atoms with van der Waals surface area (Å²) in [6, 6.07) is 6.62. The van der Waals surface area contributed by atoms with Crippen molar-refractivity contribution in [1.82, 2.24) is 5.32 Å². The van der Waals surface area contributed by atoms with Crippen LogP contribution < -0.4 is 5.32 Å². The summed E-state index contributed by atoms with van der Waals surface area (Å²) in [5.74, 6) is -0.117. The lowest BCUT2D eigenvalue weighted by Crippen LogP contribution is -2.34. The van der Waals surface area contributed by atoms with Crippen LogP contribution in [0.15, 0.2) is 24.3 Å². The molecule has 0 saturated heterocycles. The first-order valence-electron chi connectivity index (χ1n) is 6.07. The Kier molecular flexibility index (Phi) is 3.18. The molecule has 0 aromatic heterocycles. The number of halogens is 1. The van der Waals surface area contributed by atoms with Crippen LogP contribution in [0.2, 0.25) is 0 Å². The number of carbonyl (C=O) groups excluding carboxylic acids is 1. The van der Waals surface area contributed by atoms with Gasteiger partial charge in [-0.1, -0.05) is 26.0 Å². The fraction of sp³-hybridized carbons (Fsp3) is 0.500. The summed E-state index contributed by atoms with van der Waals surface area (Å²) in [6.45, 7) is 4.43. The minimum absolute atomic E-state index is 0.0130. The highest BCUT2D eigenvalue weighted by Crippen LogP contribution is 2.47. The Balaban J connectivity index is 2.00. The number of rotatable bonds is 4. The summed E-state index contributed by atoms with van der Waals surface area (Å²) >= 11 is 0. The van der Waals surface area contributed by atoms with E-state index in [1.807, 2.05) is 26.0 Å². The van der Waals surface area contributed by atoms with Gasteiger partial charge in [0.15, 0.2) is 0 Å². The van der Waals surface area contributed by atoms with E-state index in [9.17, 15) is 9.18 Å². The highest BCUT2D eigenvalue weighted by atomic mass is 19.1. The zero-order valence-corrected chi connectivity index (χ0v) is 10.3. The standard InChI is InChI=1S/C14H18FNO/c1-10(2)13(17)16-9-14(7-8-14)11-3-5-12(15)6-4-11/h3-6,10H,7-9H2,1-2H3,(H,16,17). The quantitative estimate of drug-likeness (QED) is 0.854. The average Bonchev–Trinajstić information content (AvgIpc) is 3.08. The number of nitrogens with one attached hydrogen (secondary N) is 1. The molecule has 0 spiro atoms. The van der Waals surface area contributed by atoms with Crippen LogP contribution in [0.1, 0.15) is 32.3 Å². The van der Waals surface area contributed by atoms with E-state index in [1.54, 1.807) is 0 Å². The zero-order valence-electron chi connectivity index (χ0n) is 10.3. The molecule has 0 atom stereocenters. The smallest absolute Gasteiger partial charge is 0.222 e. The Labute approximate surface area is 101 Å². The van der Waals surface area contributed by atoms with E-state index >= 15 is 0 Å². The Morgan fingerprint density at radius 1 is 1.35 bits per heavy atom. The highest BCUT2D eigenvalue weighted by molar-refractivity contribution is 5.78. The molecular weight excluding hydrogens is 217 g/mol. The molecule has 2 nitrogen and oxygen atoms in total. The van der Waals surface area contributed by atoms with E-state index in [2.05, 4.69) is 5.32 Å². The van der Waals surface area contributed by atoms with Crippen LogP contribution in [0.4, 0.5) is 4.39 Å². The summed E-state index contributed by atoms with van der Waals surface area (Å²) < 4.78 is 12.8. The van der Waals surface area contributed by atoms with Crippen LogP contribution in [-0.4, -0.2) is 12.5 Å². The first-order chi connectivity index (χ1) is 8.03. The Morgan fingerprint density at radius 3 is 2.41 bits per heavy atom. The number of hydrogen-bond donors (Lipinski definition) is 1. The molecule has 1 aromatic carbocycles. The van der Waals surface area contributed by atoms with Gasteiger partial charge in [-0.15, -0.1) is 0 Å². The molecule has 1 fully saturated rings. The summed E-state index contributed by atoms with van der Waals surface area (Å²) in [6.07, 6.45) is 2.13. The molecule has 1 saturated carbocycles. The maximum Gasteiger partial charge on any atom is 0.222 e. The molecule has 1 aliphatic carbocycles. The summed E-state index contributed by atoms with van der Waals surface area (Å²) in [7, 11) is 0. The molecule has 1 aliphatic rings. The molecular formula is C14H18FNO. The van der Waals surface area contributed by atoms with Crippen molar-refractivity contribution < 1.29 is 9.18 Å². The van der Waals surface area contributed by atoms with Crippen LogP contribution in [-0.2, 0) is 10.2 Å². The van der Waals surface area contributed by atoms with Gasteiger partial charge < -0.3 is 5.32 Å². The first-order valence-corrected chi connectivity index (χ1v) is 6.07. The van der Waals surface area contributed by atoms with E-state index in [1.165, 1.54) is 12.1 Å². The van der Waals surface area contributed by atoms with Crippen LogP contribution in [0.3, 0.4) is 0 Å². The fourth-order valence-electron chi connectivity index (χ4n) is 1.98. The van der Waals surface area contributed by atoms with Crippen molar-refractivity contribution in [3.63, 3.8) is 0 Å². The number of carbonyl (C=O) groups is 1. The van der Waals surface area contributed by atoms with Gasteiger partial charge in [-0.25, -0.2) is 4.39 Å². The van der Waals surface area contributed by atoms with Gasteiger partial charge in [-0.05, 0) is 30.5 Å². The lowest BCUT2D eigenvalue weighted by Gasteiger charge is -2.17. The van der Waals surface area contributed by atoms with Gasteiger partial charge in [0.2, 0.25) is 5.91 Å². The minimum atomic E-state index is -0.212. The summed E-state index contributed by atoms with van der Waals surface area (Å²) in [5, 5.41) is 2.97. The molecule has 92 valence electrons. The van der Waals surface area contributed by atoms with Crippen LogP contribution in [0.5, 0.6) is 0 Å². The largest absolute Gasteiger partial charge is 0.355 e. The first kappa shape index (κ1) is 12.1. The van der Waals surface area contributed by atoms with Crippen molar-refractivity contribution in [2.75, 3.05) is 6.54 Å². The minimum Gasteiger partial charge on any atom is -0.355 e. The van der Waals surface area contributed by atoms with Crippen molar-refractivity contribution >= 4 is 5.91 Å². The normalized spacial score (nSPS) is 16.9. The molecule has 0 unspecified atom stereocenters. The Morgan fingerprint density at radius 2 is 1.94 bits per heavy atom. The molecule has 0 bridgehead atoms. The lowest BCUT2D eigenvalue weighted by atomic mass is 9.95. The number of hydrogen-bond acceptors (Lipinski definition) is 1. The van der Waals surface area contributed by atoms with Crippen molar-refractivity contribution in [2.45, 2.75) is 32.1 Å². The molecule has 0 aliphatic heterocycles. The van der Waals surface area contributed by atoms with E-state index in [0.717, 1.165) is 18.4 Å². The third kappa shape index (κ3) is 2.65. The zero-order chi connectivity index (χ0) is 12.5. The van der Waals surface area contributed by atoms with Gasteiger partial charge in [0.1, 0.15) is 5.82 Å². The van der Waals surface area contributed by atoms with Gasteiger partial charge in [-0.2, -0.15) is 0 Å². The second-order valence-electron chi connectivity index (χ2n) is 5.16. The van der Waals surface area contributed by atoms with Crippen molar-refractivity contribution in [3.05, 3.63) is 35.6 Å². The maximum absolute atomic E-state index is 12.8. The summed E-state index contributed by atoms with van der Waals surface area (Å²) in [5.41, 5.74) is 1.18. The molecule has 17 heavy (non-hydrogen) atoms. The molecule has 0 heterocycles. The van der Waals surface area contributed by atoms with Crippen molar-refractivity contribution in [2.24, 2.45) is 5.92 Å². The van der Waals surface area contributed by atoms with E-state index in [4.69, 9.17) is 0 Å². The maximum atomic E-state index is 12.8. The summed E-state index contributed by atoms with van der Waals surface area (Å²) in [4.78, 5) is 11.5. The predicted molar refractivity (Wildman–Crippen MR) is 65.2 cm³/mol. The second-order valence-corrected chi connectivity index (χ2v) is 5.16. The third-order valence-electron chi connectivity index (χ3n) is 3.44. The van der Waals surface area contributed by atoms with Gasteiger partial charge in [0.25, 0.3) is 0 Å². The predicted octanol–water partition coefficient (Wildman–Crippen LogP) is 2.63. The molecule has 1 N–H and O–H groups in total. The Hall–Kier alpha value is -1.38. The number of benzene rings is 1. The van der Waals surface area contributed by atoms with E-state index in [-0.39, 0.29) is 23.1 Å². The van der Waals surface area contributed by atoms with Crippen LogP contribution >= 0.6 is 0 Å². The molecule has 2 rings (SSSR count). The van der Waals surface area contributed by atoms with Gasteiger partial charge >= 0.3 is 0 Å². The Bertz CT molecular complexity index is 407. The van der Waals surface area contributed by atoms with E-state index in [0.29, 0.717) is 6.54 Å². The average molecular weight is 235 g/mol. The molecule has 0 radical (unpaired) electrons. The lowest BCUT2D eigenvalue weighted by molar-refractivity contribution is -0.124. The SMILES string of the molecule is CC(C)C(=O)NCC1(c2ccc(F)cc2)CC1. The fourth-order valence-corrected chi connectivity index (χ4v) is 1.98. The van der Waals surface area contributed by atoms with Gasteiger partial charge in [0, 0.05) is 17.9 Å². The molecule has 1 amide bonds. The van der Waals surface area contributed by atoms with E-state index < -0.39 is 0 Å². The third-order valence-corrected chi connectivity index (χ3v) is 3.44. The van der Waals surface area contributed by atoms with Crippen molar-refractivity contribution in [3.8, 4) is 0 Å². The van der Waals surface area contributed by atoms with Crippen molar-refractivity contribution in [1.29, 1.82) is 0 Å². The topological polar surface area (TPSA) is 29.1 Å². The van der Waals surface area contributed by atoms with Crippen LogP contribution in [0, 0.1) is 11.7 Å². The van der Waals surface area contributed by atoms with Gasteiger partial charge in [0.05, 0.1) is 0 Å². The number of amides is 1. The second kappa shape index (κ2) is 4.47.